The van der Waals surface area contributed by atoms with Gasteiger partial charge in [-0.25, -0.2) is 0 Å². The first kappa shape index (κ1) is 19.1. The Hall–Kier alpha value is -2.23. The van der Waals surface area contributed by atoms with Crippen molar-refractivity contribution >= 4 is 35.1 Å². The van der Waals surface area contributed by atoms with Gasteiger partial charge in [0, 0.05) is 23.6 Å². The molecule has 0 fully saturated rings. The number of phenols is 1. The molecule has 0 unspecified atom stereocenters. The first-order chi connectivity index (χ1) is 11.9. The van der Waals surface area contributed by atoms with Crippen LogP contribution in [0.4, 0.5) is 0 Å². The van der Waals surface area contributed by atoms with Crippen LogP contribution >= 0.6 is 23.2 Å². The number of carbonyl (C=O) groups is 1. The molecule has 0 radical (unpaired) electrons. The number of hydrogen-bond donors (Lipinski definition) is 1. The summed E-state index contributed by atoms with van der Waals surface area (Å²) in [5.74, 6) is 0.359. The summed E-state index contributed by atoms with van der Waals surface area (Å²) < 4.78 is 5.53. The SMILES string of the molecule is C=C(C)CCOc1ccc(C=CC(=O)c2ccc(Cl)c(Cl)c2)c(O)c1. The van der Waals surface area contributed by atoms with E-state index >= 15 is 0 Å². The third kappa shape index (κ3) is 5.66. The van der Waals surface area contributed by atoms with E-state index in [1.165, 1.54) is 24.3 Å². The first-order valence-corrected chi connectivity index (χ1v) is 8.40. The maximum atomic E-state index is 12.2. The van der Waals surface area contributed by atoms with Gasteiger partial charge in [0.15, 0.2) is 5.78 Å². The molecule has 0 saturated carbocycles. The lowest BCUT2D eigenvalue weighted by atomic mass is 10.1. The van der Waals surface area contributed by atoms with Gasteiger partial charge in [0.2, 0.25) is 0 Å². The van der Waals surface area contributed by atoms with Crippen molar-refractivity contribution in [3.63, 3.8) is 0 Å². The minimum Gasteiger partial charge on any atom is -0.507 e. The maximum Gasteiger partial charge on any atom is 0.185 e. The van der Waals surface area contributed by atoms with Crippen molar-refractivity contribution in [1.82, 2.24) is 0 Å². The van der Waals surface area contributed by atoms with Gasteiger partial charge in [-0.1, -0.05) is 28.8 Å². The Morgan fingerprint density at radius 2 is 1.96 bits per heavy atom. The van der Waals surface area contributed by atoms with E-state index in [4.69, 9.17) is 27.9 Å². The summed E-state index contributed by atoms with van der Waals surface area (Å²) >= 11 is 11.7. The summed E-state index contributed by atoms with van der Waals surface area (Å²) in [7, 11) is 0. The van der Waals surface area contributed by atoms with E-state index in [0.717, 1.165) is 12.0 Å². The Labute approximate surface area is 157 Å². The van der Waals surface area contributed by atoms with E-state index in [9.17, 15) is 9.90 Å². The topological polar surface area (TPSA) is 46.5 Å². The predicted octanol–water partition coefficient (Wildman–Crippen LogP) is 5.94. The van der Waals surface area contributed by atoms with Gasteiger partial charge < -0.3 is 9.84 Å². The third-order valence-electron chi connectivity index (χ3n) is 3.42. The van der Waals surface area contributed by atoms with Gasteiger partial charge in [0.1, 0.15) is 11.5 Å². The lowest BCUT2D eigenvalue weighted by Gasteiger charge is -2.07. The Morgan fingerprint density at radius 1 is 1.20 bits per heavy atom. The maximum absolute atomic E-state index is 12.2. The van der Waals surface area contributed by atoms with Gasteiger partial charge >= 0.3 is 0 Å². The third-order valence-corrected chi connectivity index (χ3v) is 4.16. The highest BCUT2D eigenvalue weighted by Gasteiger charge is 2.06. The zero-order valence-electron chi connectivity index (χ0n) is 13.8. The normalized spacial score (nSPS) is 10.8. The zero-order valence-corrected chi connectivity index (χ0v) is 15.3. The molecule has 3 nitrogen and oxygen atoms in total. The Balaban J connectivity index is 2.06. The molecule has 25 heavy (non-hydrogen) atoms. The van der Waals surface area contributed by atoms with Crippen molar-refractivity contribution < 1.29 is 14.6 Å². The standard InChI is InChI=1S/C20H18Cl2O3/c1-13(2)9-10-25-16-6-3-14(20(24)12-16)5-8-19(23)15-4-7-17(21)18(22)11-15/h3-8,11-12,24H,1,9-10H2,2H3. The van der Waals surface area contributed by atoms with Crippen LogP contribution in [-0.4, -0.2) is 17.5 Å². The molecule has 0 aliphatic rings. The van der Waals surface area contributed by atoms with Crippen LogP contribution < -0.4 is 4.74 Å². The molecule has 0 bridgehead atoms. The van der Waals surface area contributed by atoms with Crippen LogP contribution in [0.1, 0.15) is 29.3 Å². The van der Waals surface area contributed by atoms with E-state index in [-0.39, 0.29) is 11.5 Å². The summed E-state index contributed by atoms with van der Waals surface area (Å²) in [5.41, 5.74) is 1.97. The van der Waals surface area contributed by atoms with Gasteiger partial charge in [0.25, 0.3) is 0 Å². The number of carbonyl (C=O) groups excluding carboxylic acids is 1. The average Bonchev–Trinajstić information content (AvgIpc) is 2.56. The average molecular weight is 377 g/mol. The zero-order chi connectivity index (χ0) is 18.4. The van der Waals surface area contributed by atoms with Crippen molar-refractivity contribution in [3.8, 4) is 11.5 Å². The van der Waals surface area contributed by atoms with Gasteiger partial charge in [-0.3, -0.25) is 4.79 Å². The fourth-order valence-corrected chi connectivity index (χ4v) is 2.31. The largest absolute Gasteiger partial charge is 0.507 e. The molecule has 5 heteroatoms. The van der Waals surface area contributed by atoms with Crippen molar-refractivity contribution in [1.29, 1.82) is 0 Å². The van der Waals surface area contributed by atoms with Crippen LogP contribution in [0.5, 0.6) is 11.5 Å². The number of aromatic hydroxyl groups is 1. The highest BCUT2D eigenvalue weighted by Crippen LogP contribution is 2.26. The van der Waals surface area contributed by atoms with Gasteiger partial charge in [-0.05, 0) is 49.4 Å². The van der Waals surface area contributed by atoms with Gasteiger partial charge in [-0.15, -0.1) is 6.58 Å². The molecule has 2 aromatic rings. The lowest BCUT2D eigenvalue weighted by molar-refractivity contribution is 0.104. The second-order valence-electron chi connectivity index (χ2n) is 5.60. The van der Waals surface area contributed by atoms with Crippen LogP contribution in [0, 0.1) is 0 Å². The first-order valence-electron chi connectivity index (χ1n) is 7.64. The Kier molecular flexibility index (Phi) is 6.68. The molecule has 2 aromatic carbocycles. The molecular weight excluding hydrogens is 359 g/mol. The number of ether oxygens (including phenoxy) is 1. The quantitative estimate of drug-likeness (QED) is 0.369. The second-order valence-corrected chi connectivity index (χ2v) is 6.42. The summed E-state index contributed by atoms with van der Waals surface area (Å²) in [4.78, 5) is 12.2. The summed E-state index contributed by atoms with van der Waals surface area (Å²) in [6.07, 6.45) is 3.66. The number of ketones is 1. The molecule has 0 aromatic heterocycles. The van der Waals surface area contributed by atoms with Crippen molar-refractivity contribution in [3.05, 3.63) is 75.8 Å². The molecule has 0 heterocycles. The summed E-state index contributed by atoms with van der Waals surface area (Å²) in [6, 6.07) is 9.61. The van der Waals surface area contributed by atoms with Crippen LogP contribution in [0.3, 0.4) is 0 Å². The highest BCUT2D eigenvalue weighted by atomic mass is 35.5. The van der Waals surface area contributed by atoms with E-state index in [0.29, 0.717) is 33.5 Å². The summed E-state index contributed by atoms with van der Waals surface area (Å²) in [5, 5.41) is 10.8. The van der Waals surface area contributed by atoms with E-state index in [1.807, 2.05) is 6.92 Å². The number of allylic oxidation sites excluding steroid dienone is 1. The number of phenolic OH excluding ortho intramolecular Hbond substituents is 1. The van der Waals surface area contributed by atoms with Crippen molar-refractivity contribution in [2.75, 3.05) is 6.61 Å². The van der Waals surface area contributed by atoms with Gasteiger partial charge in [0.05, 0.1) is 16.7 Å². The fourth-order valence-electron chi connectivity index (χ4n) is 2.01. The van der Waals surface area contributed by atoms with Crippen molar-refractivity contribution in [2.24, 2.45) is 0 Å². The predicted molar refractivity (Wildman–Crippen MR) is 103 cm³/mol. The fraction of sp³-hybridized carbons (Fsp3) is 0.150. The van der Waals surface area contributed by atoms with Crippen LogP contribution in [0.2, 0.25) is 10.0 Å². The Bertz CT molecular complexity index is 826. The van der Waals surface area contributed by atoms with E-state index < -0.39 is 0 Å². The minimum atomic E-state index is -0.236. The van der Waals surface area contributed by atoms with Gasteiger partial charge in [-0.2, -0.15) is 0 Å². The van der Waals surface area contributed by atoms with E-state index in [2.05, 4.69) is 6.58 Å². The molecule has 0 aliphatic heterocycles. The number of hydrogen-bond acceptors (Lipinski definition) is 3. The van der Waals surface area contributed by atoms with Crippen LogP contribution in [0.15, 0.2) is 54.6 Å². The lowest BCUT2D eigenvalue weighted by Crippen LogP contribution is -1.97. The molecule has 2 rings (SSSR count). The molecule has 0 aliphatic carbocycles. The van der Waals surface area contributed by atoms with Crippen LogP contribution in [-0.2, 0) is 0 Å². The number of halogens is 2. The van der Waals surface area contributed by atoms with Crippen molar-refractivity contribution in [2.45, 2.75) is 13.3 Å². The van der Waals surface area contributed by atoms with E-state index in [1.54, 1.807) is 24.3 Å². The molecule has 0 atom stereocenters. The molecule has 0 spiro atoms. The minimum absolute atomic E-state index is 0.0333. The number of benzene rings is 2. The molecule has 0 saturated heterocycles. The highest BCUT2D eigenvalue weighted by molar-refractivity contribution is 6.42. The molecule has 130 valence electrons. The smallest absolute Gasteiger partial charge is 0.185 e. The Morgan fingerprint density at radius 3 is 2.60 bits per heavy atom. The second kappa shape index (κ2) is 8.75. The molecule has 1 N–H and O–H groups in total. The summed E-state index contributed by atoms with van der Waals surface area (Å²) in [6.45, 7) is 6.24. The van der Waals surface area contributed by atoms with Crippen LogP contribution in [0.25, 0.3) is 6.08 Å². The molecule has 0 amide bonds. The molecular formula is C20H18Cl2O3. The monoisotopic (exact) mass is 376 g/mol. The number of rotatable bonds is 7.